The van der Waals surface area contributed by atoms with Gasteiger partial charge in [0.2, 0.25) is 5.91 Å². The van der Waals surface area contributed by atoms with Crippen LogP contribution in [0.4, 0.5) is 4.79 Å². The molecule has 98 valence electrons. The zero-order chi connectivity index (χ0) is 13.5. The third kappa shape index (κ3) is 4.52. The maximum Gasteiger partial charge on any atom is 0.411 e. The molecule has 0 heterocycles. The van der Waals surface area contributed by atoms with Crippen LogP contribution in [-0.2, 0) is 11.3 Å². The topological polar surface area (TPSA) is 98.7 Å². The summed E-state index contributed by atoms with van der Waals surface area (Å²) >= 11 is 0. The van der Waals surface area contributed by atoms with Crippen molar-refractivity contribution in [3.63, 3.8) is 0 Å². The molecule has 0 radical (unpaired) electrons. The van der Waals surface area contributed by atoms with E-state index in [9.17, 15) is 14.7 Å². The standard InChI is InChI=1S/C12H16N2O4/c1-8(15)10(11(16)14-12(17)18)13-7-9-5-3-2-4-6-9/h2-6,8,10,13,15H,7H2,1H3,(H,14,16)(H,17,18). The summed E-state index contributed by atoms with van der Waals surface area (Å²) in [6.45, 7) is 1.79. The molecule has 2 unspecified atom stereocenters. The fraction of sp³-hybridized carbons (Fsp3) is 0.333. The summed E-state index contributed by atoms with van der Waals surface area (Å²) in [5.41, 5.74) is 0.936. The Morgan fingerprint density at radius 2 is 1.89 bits per heavy atom. The fourth-order valence-corrected chi connectivity index (χ4v) is 1.49. The van der Waals surface area contributed by atoms with E-state index in [-0.39, 0.29) is 0 Å². The first-order valence-corrected chi connectivity index (χ1v) is 5.50. The molecular formula is C12H16N2O4. The Bertz CT molecular complexity index is 406. The summed E-state index contributed by atoms with van der Waals surface area (Å²) in [7, 11) is 0. The fourth-order valence-electron chi connectivity index (χ4n) is 1.49. The number of hydrogen-bond donors (Lipinski definition) is 4. The second kappa shape index (κ2) is 6.73. The first-order chi connectivity index (χ1) is 8.50. The van der Waals surface area contributed by atoms with Crippen molar-refractivity contribution in [2.24, 2.45) is 0 Å². The Balaban J connectivity index is 2.58. The van der Waals surface area contributed by atoms with Crippen LogP contribution in [-0.4, -0.2) is 34.4 Å². The van der Waals surface area contributed by atoms with Crippen LogP contribution in [0.2, 0.25) is 0 Å². The number of amides is 2. The third-order valence-electron chi connectivity index (χ3n) is 2.36. The van der Waals surface area contributed by atoms with Gasteiger partial charge in [-0.1, -0.05) is 30.3 Å². The van der Waals surface area contributed by atoms with E-state index < -0.39 is 24.1 Å². The summed E-state index contributed by atoms with van der Waals surface area (Å²) in [4.78, 5) is 21.9. The first-order valence-electron chi connectivity index (χ1n) is 5.50. The van der Waals surface area contributed by atoms with E-state index in [1.165, 1.54) is 6.92 Å². The second-order valence-electron chi connectivity index (χ2n) is 3.88. The van der Waals surface area contributed by atoms with Gasteiger partial charge in [-0.2, -0.15) is 0 Å². The molecule has 0 spiro atoms. The molecule has 1 aromatic rings. The maximum atomic E-state index is 11.5. The normalized spacial score (nSPS) is 13.7. The van der Waals surface area contributed by atoms with Gasteiger partial charge in [0, 0.05) is 6.54 Å². The molecule has 0 aromatic heterocycles. The number of nitrogens with one attached hydrogen (secondary N) is 2. The Morgan fingerprint density at radius 1 is 1.28 bits per heavy atom. The molecule has 6 nitrogen and oxygen atoms in total. The summed E-state index contributed by atoms with van der Waals surface area (Å²) < 4.78 is 0. The van der Waals surface area contributed by atoms with Crippen LogP contribution < -0.4 is 10.6 Å². The molecular weight excluding hydrogens is 236 g/mol. The van der Waals surface area contributed by atoms with Crippen molar-refractivity contribution < 1.29 is 19.8 Å². The van der Waals surface area contributed by atoms with Crippen LogP contribution in [0, 0.1) is 0 Å². The molecule has 1 aromatic carbocycles. The van der Waals surface area contributed by atoms with Crippen molar-refractivity contribution >= 4 is 12.0 Å². The quantitative estimate of drug-likeness (QED) is 0.605. The molecule has 2 amide bonds. The zero-order valence-electron chi connectivity index (χ0n) is 9.96. The summed E-state index contributed by atoms with van der Waals surface area (Å²) in [5.74, 6) is -0.770. The monoisotopic (exact) mass is 252 g/mol. The van der Waals surface area contributed by atoms with Crippen LogP contribution in [0.3, 0.4) is 0 Å². The van der Waals surface area contributed by atoms with Crippen molar-refractivity contribution in [3.8, 4) is 0 Å². The van der Waals surface area contributed by atoms with Crippen LogP contribution in [0.5, 0.6) is 0 Å². The molecule has 0 saturated carbocycles. The number of carboxylic acid groups (broad SMARTS) is 1. The molecule has 2 atom stereocenters. The molecule has 0 aliphatic rings. The van der Waals surface area contributed by atoms with E-state index in [1.54, 1.807) is 5.32 Å². The highest BCUT2D eigenvalue weighted by Crippen LogP contribution is 2.00. The average molecular weight is 252 g/mol. The molecule has 0 fully saturated rings. The third-order valence-corrected chi connectivity index (χ3v) is 2.36. The van der Waals surface area contributed by atoms with E-state index in [1.807, 2.05) is 30.3 Å². The lowest BCUT2D eigenvalue weighted by molar-refractivity contribution is -0.124. The molecule has 6 heteroatoms. The van der Waals surface area contributed by atoms with Gasteiger partial charge in [-0.3, -0.25) is 15.4 Å². The maximum absolute atomic E-state index is 11.5. The van der Waals surface area contributed by atoms with Crippen LogP contribution in [0.25, 0.3) is 0 Å². The number of carbonyl (C=O) groups excluding carboxylic acids is 1. The molecule has 0 bridgehead atoms. The van der Waals surface area contributed by atoms with Crippen LogP contribution in [0.1, 0.15) is 12.5 Å². The van der Waals surface area contributed by atoms with Crippen molar-refractivity contribution in [2.45, 2.75) is 25.6 Å². The molecule has 18 heavy (non-hydrogen) atoms. The Morgan fingerprint density at radius 3 is 2.39 bits per heavy atom. The van der Waals surface area contributed by atoms with Gasteiger partial charge < -0.3 is 10.2 Å². The number of benzene rings is 1. The number of hydrogen-bond acceptors (Lipinski definition) is 4. The van der Waals surface area contributed by atoms with Gasteiger partial charge in [-0.05, 0) is 12.5 Å². The van der Waals surface area contributed by atoms with Gasteiger partial charge in [0.25, 0.3) is 0 Å². The van der Waals surface area contributed by atoms with Gasteiger partial charge in [-0.25, -0.2) is 4.79 Å². The average Bonchev–Trinajstić information content (AvgIpc) is 2.29. The summed E-state index contributed by atoms with van der Waals surface area (Å²) in [5, 5.41) is 22.4. The predicted octanol–water partition coefficient (Wildman–Crippen LogP) is 0.320. The van der Waals surface area contributed by atoms with Crippen molar-refractivity contribution in [3.05, 3.63) is 35.9 Å². The van der Waals surface area contributed by atoms with Crippen molar-refractivity contribution in [1.82, 2.24) is 10.6 Å². The van der Waals surface area contributed by atoms with Crippen LogP contribution >= 0.6 is 0 Å². The second-order valence-corrected chi connectivity index (χ2v) is 3.88. The molecule has 0 saturated heterocycles. The minimum atomic E-state index is -1.44. The molecule has 0 aliphatic heterocycles. The number of carbonyl (C=O) groups is 2. The van der Waals surface area contributed by atoms with Gasteiger partial charge in [0.1, 0.15) is 6.04 Å². The first kappa shape index (κ1) is 14.1. The lowest BCUT2D eigenvalue weighted by atomic mass is 10.1. The number of aliphatic hydroxyl groups is 1. The number of imide groups is 1. The SMILES string of the molecule is CC(O)C(NCc1ccccc1)C(=O)NC(=O)O. The Hall–Kier alpha value is -1.92. The predicted molar refractivity (Wildman–Crippen MR) is 64.9 cm³/mol. The Kier molecular flexibility index (Phi) is 5.29. The lowest BCUT2D eigenvalue weighted by Gasteiger charge is -2.19. The highest BCUT2D eigenvalue weighted by Gasteiger charge is 2.24. The van der Waals surface area contributed by atoms with E-state index in [2.05, 4.69) is 5.32 Å². The van der Waals surface area contributed by atoms with Gasteiger partial charge >= 0.3 is 6.09 Å². The molecule has 1 rings (SSSR count). The van der Waals surface area contributed by atoms with Crippen LogP contribution in [0.15, 0.2) is 30.3 Å². The summed E-state index contributed by atoms with van der Waals surface area (Å²) in [6.07, 6.45) is -2.43. The Labute approximate surface area is 105 Å². The summed E-state index contributed by atoms with van der Waals surface area (Å²) in [6, 6.07) is 8.33. The van der Waals surface area contributed by atoms with Gasteiger partial charge in [-0.15, -0.1) is 0 Å². The van der Waals surface area contributed by atoms with Crippen molar-refractivity contribution in [2.75, 3.05) is 0 Å². The minimum absolute atomic E-state index is 0.365. The van der Waals surface area contributed by atoms with Gasteiger partial charge in [0.15, 0.2) is 0 Å². The van der Waals surface area contributed by atoms with E-state index in [4.69, 9.17) is 5.11 Å². The zero-order valence-corrected chi connectivity index (χ0v) is 9.96. The lowest BCUT2D eigenvalue weighted by Crippen LogP contribution is -2.51. The van der Waals surface area contributed by atoms with E-state index in [0.29, 0.717) is 6.54 Å². The number of rotatable bonds is 5. The molecule has 0 aliphatic carbocycles. The highest BCUT2D eigenvalue weighted by atomic mass is 16.4. The van der Waals surface area contributed by atoms with E-state index in [0.717, 1.165) is 5.56 Å². The largest absolute Gasteiger partial charge is 0.465 e. The smallest absolute Gasteiger partial charge is 0.411 e. The van der Waals surface area contributed by atoms with Gasteiger partial charge in [0.05, 0.1) is 6.10 Å². The highest BCUT2D eigenvalue weighted by molar-refractivity contribution is 5.94. The molecule has 4 N–H and O–H groups in total. The number of aliphatic hydroxyl groups excluding tert-OH is 1. The van der Waals surface area contributed by atoms with Crippen molar-refractivity contribution in [1.29, 1.82) is 0 Å². The minimum Gasteiger partial charge on any atom is -0.465 e. The van der Waals surface area contributed by atoms with E-state index >= 15 is 0 Å².